The number of hydrogen-bond donors (Lipinski definition) is 3. The van der Waals surface area contributed by atoms with Gasteiger partial charge in [-0.2, -0.15) is 9.50 Å². The fourth-order valence-corrected chi connectivity index (χ4v) is 3.27. The average Bonchev–Trinajstić information content (AvgIpc) is 3.21. The van der Waals surface area contributed by atoms with E-state index in [4.69, 9.17) is 0 Å². The molecule has 4 rings (SSSR count). The Balaban J connectivity index is 1.81. The largest absolute Gasteiger partial charge is 0.508 e. The van der Waals surface area contributed by atoms with E-state index in [1.54, 1.807) is 21.2 Å². The summed E-state index contributed by atoms with van der Waals surface area (Å²) in [6, 6.07) is 6.97. The minimum atomic E-state index is -0.0946. The Morgan fingerprint density at radius 3 is 2.52 bits per heavy atom. The van der Waals surface area contributed by atoms with Crippen LogP contribution in [0, 0.1) is 5.41 Å². The molecule has 8 nitrogen and oxygen atoms in total. The second kappa shape index (κ2) is 6.00. The number of phenols is 1. The molecule has 3 aromatic rings. The van der Waals surface area contributed by atoms with Crippen LogP contribution in [0.3, 0.4) is 0 Å². The molecule has 1 aromatic carbocycles. The van der Waals surface area contributed by atoms with Crippen LogP contribution in [0.4, 0.5) is 11.5 Å². The Labute approximate surface area is 156 Å². The van der Waals surface area contributed by atoms with Crippen molar-refractivity contribution in [2.75, 3.05) is 10.6 Å². The van der Waals surface area contributed by atoms with E-state index >= 15 is 0 Å². The zero-order valence-corrected chi connectivity index (χ0v) is 15.9. The highest BCUT2D eigenvalue weighted by atomic mass is 16.3. The van der Waals surface area contributed by atoms with Crippen LogP contribution < -0.4 is 16.2 Å². The monoisotopic (exact) mass is 368 g/mol. The number of phenolic OH excluding ortho intramolecular Hbond substituents is 1. The number of rotatable bonds is 3. The molecule has 3 heterocycles. The number of fused-ring (bicyclic) bond motifs is 3. The summed E-state index contributed by atoms with van der Waals surface area (Å²) in [6.45, 7) is 8.75. The number of benzene rings is 1. The van der Waals surface area contributed by atoms with Crippen LogP contribution in [0.2, 0.25) is 0 Å². The van der Waals surface area contributed by atoms with Crippen LogP contribution in [-0.4, -0.2) is 30.4 Å². The average molecular weight is 368 g/mol. The van der Waals surface area contributed by atoms with E-state index in [2.05, 4.69) is 41.5 Å². The van der Waals surface area contributed by atoms with Crippen molar-refractivity contribution >= 4 is 17.3 Å². The molecule has 3 N–H and O–H groups in total. The van der Waals surface area contributed by atoms with E-state index in [9.17, 15) is 9.90 Å². The van der Waals surface area contributed by atoms with Gasteiger partial charge in [0.25, 0.3) is 5.56 Å². The summed E-state index contributed by atoms with van der Waals surface area (Å²) in [7, 11) is 0. The predicted octanol–water partition coefficient (Wildman–Crippen LogP) is 2.42. The van der Waals surface area contributed by atoms with E-state index < -0.39 is 0 Å². The van der Waals surface area contributed by atoms with Gasteiger partial charge in [0.05, 0.1) is 0 Å². The molecule has 0 fully saturated rings. The number of aromatic nitrogens is 4. The number of nitrogens with one attached hydrogen (secondary N) is 2. The summed E-state index contributed by atoms with van der Waals surface area (Å²) >= 11 is 0. The van der Waals surface area contributed by atoms with Crippen LogP contribution in [0.5, 0.6) is 5.75 Å². The maximum atomic E-state index is 12.9. The molecule has 0 bridgehead atoms. The Hall–Kier alpha value is -3.03. The predicted molar refractivity (Wildman–Crippen MR) is 104 cm³/mol. The molecule has 8 heteroatoms. The van der Waals surface area contributed by atoms with Gasteiger partial charge in [-0.1, -0.05) is 32.9 Å². The fraction of sp³-hybridized carbons (Fsp3) is 0.421. The molecule has 2 aromatic heterocycles. The zero-order chi connectivity index (χ0) is 19.3. The van der Waals surface area contributed by atoms with Gasteiger partial charge in [0.15, 0.2) is 11.6 Å². The Morgan fingerprint density at radius 1 is 1.19 bits per heavy atom. The van der Waals surface area contributed by atoms with Crippen molar-refractivity contribution in [3.05, 3.63) is 46.0 Å². The number of aromatic hydroxyl groups is 1. The molecule has 1 aliphatic heterocycles. The lowest BCUT2D eigenvalue weighted by Gasteiger charge is -2.27. The summed E-state index contributed by atoms with van der Waals surface area (Å²) in [5.41, 5.74) is 1.35. The van der Waals surface area contributed by atoms with Crippen molar-refractivity contribution in [1.82, 2.24) is 19.2 Å². The van der Waals surface area contributed by atoms with Crippen LogP contribution >= 0.6 is 0 Å². The van der Waals surface area contributed by atoms with Crippen molar-refractivity contribution in [3.63, 3.8) is 0 Å². The highest BCUT2D eigenvalue weighted by molar-refractivity contribution is 5.72. The van der Waals surface area contributed by atoms with Crippen molar-refractivity contribution in [3.8, 4) is 5.75 Å². The van der Waals surface area contributed by atoms with E-state index in [0.29, 0.717) is 36.1 Å². The standard InChI is InChI=1S/C19H24N6O2/c1-5-24-16(27)14-15(22-17(21-14)19(2,3)4)25-18(24)20-13(23-25)10-11-6-8-12(26)9-7-11/h6-9,17,21-22,26H,5,10H2,1-4H3. The first kappa shape index (κ1) is 17.4. The van der Waals surface area contributed by atoms with Gasteiger partial charge in [0, 0.05) is 18.4 Å². The lowest BCUT2D eigenvalue weighted by Crippen LogP contribution is -2.37. The van der Waals surface area contributed by atoms with Crippen LogP contribution in [0.15, 0.2) is 29.1 Å². The summed E-state index contributed by atoms with van der Waals surface area (Å²) in [5.74, 6) is 2.03. The first-order valence-electron chi connectivity index (χ1n) is 9.11. The molecule has 0 aliphatic carbocycles. The SMILES string of the molecule is CCn1c(=O)c2c(n3nc(Cc4ccc(O)cc4)nc13)NC(C(C)(C)C)N2. The second-order valence-electron chi connectivity index (χ2n) is 7.94. The van der Waals surface area contributed by atoms with Gasteiger partial charge in [0.1, 0.15) is 17.6 Å². The third-order valence-electron chi connectivity index (χ3n) is 4.83. The third kappa shape index (κ3) is 2.90. The van der Waals surface area contributed by atoms with Gasteiger partial charge < -0.3 is 15.7 Å². The highest BCUT2D eigenvalue weighted by Gasteiger charge is 2.35. The van der Waals surface area contributed by atoms with Crippen molar-refractivity contribution in [2.24, 2.45) is 5.41 Å². The molecule has 0 saturated heterocycles. The van der Waals surface area contributed by atoms with Gasteiger partial charge in [-0.3, -0.25) is 9.36 Å². The number of anilines is 2. The van der Waals surface area contributed by atoms with E-state index in [0.717, 1.165) is 5.56 Å². The molecular formula is C19H24N6O2. The van der Waals surface area contributed by atoms with E-state index in [1.807, 2.05) is 19.1 Å². The van der Waals surface area contributed by atoms with Gasteiger partial charge in [-0.05, 0) is 24.6 Å². The molecule has 0 saturated carbocycles. The lowest BCUT2D eigenvalue weighted by atomic mass is 9.93. The molecule has 0 amide bonds. The maximum Gasteiger partial charge on any atom is 0.280 e. The minimum absolute atomic E-state index is 0.0687. The second-order valence-corrected chi connectivity index (χ2v) is 7.94. The van der Waals surface area contributed by atoms with Crippen LogP contribution in [0.25, 0.3) is 5.78 Å². The number of nitrogens with zero attached hydrogens (tertiary/aromatic N) is 4. The zero-order valence-electron chi connectivity index (χ0n) is 15.9. The molecule has 1 unspecified atom stereocenters. The molecule has 1 aliphatic rings. The van der Waals surface area contributed by atoms with Crippen molar-refractivity contribution in [1.29, 1.82) is 0 Å². The first-order chi connectivity index (χ1) is 12.8. The van der Waals surface area contributed by atoms with Gasteiger partial charge in [-0.15, -0.1) is 5.10 Å². The quantitative estimate of drug-likeness (QED) is 0.657. The lowest BCUT2D eigenvalue weighted by molar-refractivity contribution is 0.371. The molecule has 1 atom stereocenters. The fourth-order valence-electron chi connectivity index (χ4n) is 3.27. The van der Waals surface area contributed by atoms with Gasteiger partial charge in [0.2, 0.25) is 5.78 Å². The molecule has 0 spiro atoms. The normalized spacial score (nSPS) is 16.2. The smallest absolute Gasteiger partial charge is 0.280 e. The minimum Gasteiger partial charge on any atom is -0.508 e. The summed E-state index contributed by atoms with van der Waals surface area (Å²) in [4.78, 5) is 17.5. The Bertz CT molecular complexity index is 1060. The highest BCUT2D eigenvalue weighted by Crippen LogP contribution is 2.33. The third-order valence-corrected chi connectivity index (χ3v) is 4.83. The number of aryl methyl sites for hydroxylation is 1. The summed E-state index contributed by atoms with van der Waals surface area (Å²) in [5, 5.41) is 20.8. The molecular weight excluding hydrogens is 344 g/mol. The van der Waals surface area contributed by atoms with E-state index in [1.165, 1.54) is 0 Å². The van der Waals surface area contributed by atoms with Crippen LogP contribution in [-0.2, 0) is 13.0 Å². The summed E-state index contributed by atoms with van der Waals surface area (Å²) in [6.07, 6.45) is 0.450. The first-order valence-corrected chi connectivity index (χ1v) is 9.11. The molecule has 27 heavy (non-hydrogen) atoms. The summed E-state index contributed by atoms with van der Waals surface area (Å²) < 4.78 is 3.35. The topological polar surface area (TPSA) is 96.5 Å². The number of hydrogen-bond acceptors (Lipinski definition) is 6. The molecule has 142 valence electrons. The van der Waals surface area contributed by atoms with Gasteiger partial charge in [-0.25, -0.2) is 0 Å². The Morgan fingerprint density at radius 2 is 1.89 bits per heavy atom. The van der Waals surface area contributed by atoms with Crippen LogP contribution in [0.1, 0.15) is 39.1 Å². The van der Waals surface area contributed by atoms with Gasteiger partial charge >= 0.3 is 0 Å². The molecule has 0 radical (unpaired) electrons. The van der Waals surface area contributed by atoms with Crippen molar-refractivity contribution in [2.45, 2.75) is 46.8 Å². The Kier molecular flexibility index (Phi) is 3.87. The van der Waals surface area contributed by atoms with E-state index in [-0.39, 0.29) is 22.9 Å². The van der Waals surface area contributed by atoms with Crippen molar-refractivity contribution < 1.29 is 5.11 Å². The maximum absolute atomic E-state index is 12.9.